The smallest absolute Gasteiger partial charge is 0.306 e. The summed E-state index contributed by atoms with van der Waals surface area (Å²) >= 11 is 0. The van der Waals surface area contributed by atoms with Crippen LogP contribution < -0.4 is 0 Å². The van der Waals surface area contributed by atoms with Gasteiger partial charge in [0.15, 0.2) is 0 Å². The van der Waals surface area contributed by atoms with Gasteiger partial charge in [0.2, 0.25) is 0 Å². The van der Waals surface area contributed by atoms with Gasteiger partial charge in [0.05, 0.1) is 6.61 Å². The van der Waals surface area contributed by atoms with Crippen LogP contribution in [0, 0.1) is 0 Å². The molecule has 0 aliphatic carbocycles. The van der Waals surface area contributed by atoms with Crippen LogP contribution in [0.4, 0.5) is 0 Å². The van der Waals surface area contributed by atoms with Gasteiger partial charge in [0.1, 0.15) is 24.9 Å². The van der Waals surface area contributed by atoms with Crippen molar-refractivity contribution in [1.29, 1.82) is 0 Å². The van der Waals surface area contributed by atoms with Gasteiger partial charge in [-0.25, -0.2) is 0 Å². The minimum absolute atomic E-state index is 0.0167. The van der Waals surface area contributed by atoms with E-state index in [1.165, 1.54) is 103 Å². The fourth-order valence-electron chi connectivity index (χ4n) is 8.14. The lowest BCUT2D eigenvalue weighted by Crippen LogP contribution is -2.39. The van der Waals surface area contributed by atoms with Crippen LogP contribution in [0.2, 0.25) is 0 Å². The number of aliphatic hydroxyl groups is 1. The Kier molecular flexibility index (Phi) is 44.7. The van der Waals surface area contributed by atoms with Crippen LogP contribution >= 0.6 is 0 Å². The summed E-state index contributed by atoms with van der Waals surface area (Å²) in [5, 5.41) is 9.51. The molecule has 0 bridgehead atoms. The zero-order valence-electron chi connectivity index (χ0n) is 41.9. The third-order valence-corrected chi connectivity index (χ3v) is 12.2. The standard InChI is InChI=1S/C53H101NO9/c1-6-11-15-19-21-29-37-47(35-27-17-13-8-3)61-51(57)40-32-24-23-31-39-50(56)60-46-49(45-54(10-5)43-44-55)63-53(59)42-34-26-25-33-41-52(58)62-48(36-28-18-14-9-4)38-30-22-20-16-12-7-2/h47-49,55H,6-46H2,1-5H3. The van der Waals surface area contributed by atoms with E-state index in [1.807, 2.05) is 11.8 Å². The molecule has 0 aromatic heterocycles. The van der Waals surface area contributed by atoms with E-state index < -0.39 is 6.10 Å². The second kappa shape index (κ2) is 46.3. The maximum Gasteiger partial charge on any atom is 0.306 e. The second-order valence-corrected chi connectivity index (χ2v) is 18.3. The molecular formula is C53H101NO9. The Morgan fingerprint density at radius 3 is 1.05 bits per heavy atom. The van der Waals surface area contributed by atoms with Crippen LogP contribution in [-0.4, -0.2) is 85.0 Å². The van der Waals surface area contributed by atoms with E-state index in [0.29, 0.717) is 45.3 Å². The molecule has 0 aromatic rings. The lowest BCUT2D eigenvalue weighted by molar-refractivity contribution is -0.160. The number of unbranched alkanes of at least 4 members (excludes halogenated alkanes) is 22. The fourth-order valence-corrected chi connectivity index (χ4v) is 8.14. The summed E-state index contributed by atoms with van der Waals surface area (Å²) in [5.74, 6) is -0.865. The van der Waals surface area contributed by atoms with Crippen molar-refractivity contribution >= 4 is 23.9 Å². The lowest BCUT2D eigenvalue weighted by Gasteiger charge is -2.25. The molecule has 0 fully saturated rings. The number of rotatable bonds is 48. The summed E-state index contributed by atoms with van der Waals surface area (Å²) in [6.07, 6.45) is 35.0. The molecule has 10 nitrogen and oxygen atoms in total. The zero-order valence-corrected chi connectivity index (χ0v) is 41.9. The number of carbonyl (C=O) groups excluding carboxylic acids is 4. The minimum atomic E-state index is -0.628. The number of nitrogens with zero attached hydrogens (tertiary/aromatic N) is 1. The number of likely N-dealkylation sites (N-methyl/N-ethyl adjacent to an activating group) is 1. The first kappa shape index (κ1) is 60.8. The largest absolute Gasteiger partial charge is 0.462 e. The van der Waals surface area contributed by atoms with Crippen LogP contribution in [0.3, 0.4) is 0 Å². The monoisotopic (exact) mass is 896 g/mol. The van der Waals surface area contributed by atoms with Gasteiger partial charge in [-0.05, 0) is 83.6 Å². The number of esters is 4. The van der Waals surface area contributed by atoms with E-state index in [9.17, 15) is 24.3 Å². The molecule has 0 rings (SSSR count). The third kappa shape index (κ3) is 41.0. The van der Waals surface area contributed by atoms with Gasteiger partial charge >= 0.3 is 23.9 Å². The van der Waals surface area contributed by atoms with E-state index in [0.717, 1.165) is 89.9 Å². The fraction of sp³-hybridized carbons (Fsp3) is 0.925. The van der Waals surface area contributed by atoms with E-state index in [1.54, 1.807) is 0 Å². The predicted molar refractivity (Wildman–Crippen MR) is 259 cm³/mol. The van der Waals surface area contributed by atoms with Crippen LogP contribution in [-0.2, 0) is 38.1 Å². The first-order valence-electron chi connectivity index (χ1n) is 26.8. The highest BCUT2D eigenvalue weighted by atomic mass is 16.6. The topological polar surface area (TPSA) is 129 Å². The molecule has 0 aliphatic heterocycles. The Hall–Kier alpha value is -2.20. The van der Waals surface area contributed by atoms with Crippen molar-refractivity contribution in [3.63, 3.8) is 0 Å². The quantitative estimate of drug-likeness (QED) is 0.0358. The Balaban J connectivity index is 4.58. The Bertz CT molecular complexity index is 1060. The van der Waals surface area contributed by atoms with Crippen molar-refractivity contribution in [2.45, 2.75) is 284 Å². The molecule has 0 radical (unpaired) electrons. The van der Waals surface area contributed by atoms with Gasteiger partial charge in [-0.1, -0.05) is 163 Å². The van der Waals surface area contributed by atoms with E-state index in [-0.39, 0.29) is 62.1 Å². The Labute approximate surface area is 387 Å². The summed E-state index contributed by atoms with van der Waals surface area (Å²) in [4.78, 5) is 53.0. The van der Waals surface area contributed by atoms with Gasteiger partial charge in [0, 0.05) is 38.8 Å². The summed E-state index contributed by atoms with van der Waals surface area (Å²) in [6.45, 7) is 12.3. The number of aliphatic hydroxyl groups excluding tert-OH is 1. The molecule has 1 N–H and O–H groups in total. The van der Waals surface area contributed by atoms with E-state index >= 15 is 0 Å². The highest BCUT2D eigenvalue weighted by Crippen LogP contribution is 2.20. The lowest BCUT2D eigenvalue weighted by atomic mass is 10.0. The van der Waals surface area contributed by atoms with Crippen LogP contribution in [0.5, 0.6) is 0 Å². The van der Waals surface area contributed by atoms with Crippen molar-refractivity contribution in [3.05, 3.63) is 0 Å². The van der Waals surface area contributed by atoms with Gasteiger partial charge < -0.3 is 24.1 Å². The van der Waals surface area contributed by atoms with Crippen molar-refractivity contribution in [3.8, 4) is 0 Å². The van der Waals surface area contributed by atoms with Gasteiger partial charge in [-0.3, -0.25) is 24.1 Å². The number of hydrogen-bond donors (Lipinski definition) is 1. The van der Waals surface area contributed by atoms with Crippen molar-refractivity contribution in [2.24, 2.45) is 0 Å². The first-order valence-corrected chi connectivity index (χ1v) is 26.8. The predicted octanol–water partition coefficient (Wildman–Crippen LogP) is 13.7. The minimum Gasteiger partial charge on any atom is -0.462 e. The van der Waals surface area contributed by atoms with Crippen LogP contribution in [0.25, 0.3) is 0 Å². The first-order chi connectivity index (χ1) is 30.7. The van der Waals surface area contributed by atoms with E-state index in [4.69, 9.17) is 18.9 Å². The number of carbonyl (C=O) groups is 4. The van der Waals surface area contributed by atoms with Gasteiger partial charge in [-0.15, -0.1) is 0 Å². The molecule has 0 aromatic carbocycles. The van der Waals surface area contributed by atoms with E-state index in [2.05, 4.69) is 27.7 Å². The molecule has 0 amide bonds. The van der Waals surface area contributed by atoms with Crippen molar-refractivity contribution in [2.75, 3.05) is 32.8 Å². The molecule has 0 aliphatic rings. The third-order valence-electron chi connectivity index (χ3n) is 12.2. The number of ether oxygens (including phenoxy) is 4. The molecule has 0 spiro atoms. The Morgan fingerprint density at radius 2 is 0.698 bits per heavy atom. The molecule has 0 saturated carbocycles. The SMILES string of the molecule is CCCCCCCCC(CCCCCC)OC(=O)CCCCCCC(=O)OCC(CN(CC)CCO)OC(=O)CCCCCCC(=O)OC(CCCCCC)CCCCCCCC. The molecule has 0 saturated heterocycles. The van der Waals surface area contributed by atoms with Gasteiger partial charge in [0.25, 0.3) is 0 Å². The highest BCUT2D eigenvalue weighted by Gasteiger charge is 2.21. The molecule has 3 atom stereocenters. The summed E-state index contributed by atoms with van der Waals surface area (Å²) in [5.41, 5.74) is 0. The summed E-state index contributed by atoms with van der Waals surface area (Å²) in [7, 11) is 0. The van der Waals surface area contributed by atoms with Crippen LogP contribution in [0.1, 0.15) is 266 Å². The normalized spacial score (nSPS) is 12.9. The molecule has 0 heterocycles. The molecule has 63 heavy (non-hydrogen) atoms. The number of hydrogen-bond acceptors (Lipinski definition) is 10. The molecule has 372 valence electrons. The average Bonchev–Trinajstić information content (AvgIpc) is 3.27. The van der Waals surface area contributed by atoms with Crippen LogP contribution in [0.15, 0.2) is 0 Å². The second-order valence-electron chi connectivity index (χ2n) is 18.3. The van der Waals surface area contributed by atoms with Gasteiger partial charge in [-0.2, -0.15) is 0 Å². The molecule has 10 heteroatoms. The van der Waals surface area contributed by atoms with Crippen molar-refractivity contribution in [1.82, 2.24) is 4.90 Å². The highest BCUT2D eigenvalue weighted by molar-refractivity contribution is 5.71. The maximum absolute atomic E-state index is 12.9. The maximum atomic E-state index is 12.9. The summed E-state index contributed by atoms with van der Waals surface area (Å²) < 4.78 is 23.3. The summed E-state index contributed by atoms with van der Waals surface area (Å²) in [6, 6.07) is 0. The average molecular weight is 896 g/mol. The zero-order chi connectivity index (χ0) is 46.4. The molecular weight excluding hydrogens is 795 g/mol. The molecule has 3 unspecified atom stereocenters. The Morgan fingerprint density at radius 1 is 0.397 bits per heavy atom. The van der Waals surface area contributed by atoms with Crippen molar-refractivity contribution < 1.29 is 43.2 Å².